The smallest absolute Gasteiger partial charge is 0.231 e. The van der Waals surface area contributed by atoms with Gasteiger partial charge in [0, 0.05) is 52.2 Å². The summed E-state index contributed by atoms with van der Waals surface area (Å²) in [4.78, 5) is 19.5. The second kappa shape index (κ2) is 8.48. The summed E-state index contributed by atoms with van der Waals surface area (Å²) in [6.07, 6.45) is 3.26. The molecule has 1 amide bonds. The van der Waals surface area contributed by atoms with Crippen molar-refractivity contribution >= 4 is 5.91 Å². The van der Waals surface area contributed by atoms with Gasteiger partial charge >= 0.3 is 0 Å². The van der Waals surface area contributed by atoms with E-state index in [1.165, 1.54) is 18.4 Å². The number of carbonyl (C=O) groups is 1. The highest BCUT2D eigenvalue weighted by molar-refractivity contribution is 5.76. The van der Waals surface area contributed by atoms with Crippen molar-refractivity contribution in [2.45, 2.75) is 32.7 Å². The summed E-state index contributed by atoms with van der Waals surface area (Å²) in [5, 5.41) is 0. The average molecular weight is 373 g/mol. The Morgan fingerprint density at radius 3 is 2.70 bits per heavy atom. The van der Waals surface area contributed by atoms with E-state index in [2.05, 4.69) is 28.9 Å². The van der Waals surface area contributed by atoms with Crippen LogP contribution in [-0.4, -0.2) is 73.2 Å². The third kappa shape index (κ3) is 4.74. The van der Waals surface area contributed by atoms with E-state index in [-0.39, 0.29) is 0 Å². The summed E-state index contributed by atoms with van der Waals surface area (Å²) in [6, 6.07) is 6.16. The SMILES string of the molecule is CC1CCCN(CCC(=O)N2CCN(Cc3ccc4c(c3)OCO4)CC2)C1. The Balaban J connectivity index is 1.20. The highest BCUT2D eigenvalue weighted by Gasteiger charge is 2.23. The van der Waals surface area contributed by atoms with Crippen LogP contribution in [0.25, 0.3) is 0 Å². The van der Waals surface area contributed by atoms with Crippen molar-refractivity contribution in [3.63, 3.8) is 0 Å². The fraction of sp³-hybridized carbons (Fsp3) is 0.667. The first-order valence-electron chi connectivity index (χ1n) is 10.3. The number of piperazine rings is 1. The maximum atomic E-state index is 12.6. The van der Waals surface area contributed by atoms with Crippen LogP contribution in [0.3, 0.4) is 0 Å². The van der Waals surface area contributed by atoms with Gasteiger partial charge in [0.2, 0.25) is 12.7 Å². The third-order valence-corrected chi connectivity index (χ3v) is 5.95. The number of fused-ring (bicyclic) bond motifs is 1. The molecule has 0 aliphatic carbocycles. The lowest BCUT2D eigenvalue weighted by Crippen LogP contribution is -2.49. The zero-order valence-corrected chi connectivity index (χ0v) is 16.4. The van der Waals surface area contributed by atoms with Crippen molar-refractivity contribution in [1.29, 1.82) is 0 Å². The molecule has 6 heteroatoms. The van der Waals surface area contributed by atoms with Gasteiger partial charge in [-0.3, -0.25) is 9.69 Å². The molecule has 0 saturated carbocycles. The van der Waals surface area contributed by atoms with Crippen molar-refractivity contribution in [2.24, 2.45) is 5.92 Å². The Bertz CT molecular complexity index is 658. The molecule has 0 bridgehead atoms. The van der Waals surface area contributed by atoms with Crippen LogP contribution in [-0.2, 0) is 11.3 Å². The zero-order chi connectivity index (χ0) is 18.6. The predicted molar refractivity (Wildman–Crippen MR) is 104 cm³/mol. The Kier molecular flexibility index (Phi) is 5.83. The second-order valence-electron chi connectivity index (χ2n) is 8.14. The van der Waals surface area contributed by atoms with Gasteiger partial charge in [-0.2, -0.15) is 0 Å². The highest BCUT2D eigenvalue weighted by atomic mass is 16.7. The van der Waals surface area contributed by atoms with Crippen LogP contribution in [0.5, 0.6) is 11.5 Å². The van der Waals surface area contributed by atoms with Crippen LogP contribution in [0.2, 0.25) is 0 Å². The fourth-order valence-corrected chi connectivity index (χ4v) is 4.35. The number of ether oxygens (including phenoxy) is 2. The van der Waals surface area contributed by atoms with Crippen molar-refractivity contribution < 1.29 is 14.3 Å². The van der Waals surface area contributed by atoms with E-state index in [1.54, 1.807) is 0 Å². The van der Waals surface area contributed by atoms with Crippen LogP contribution in [0, 0.1) is 5.92 Å². The molecule has 1 aromatic carbocycles. The minimum absolute atomic E-state index is 0.315. The largest absolute Gasteiger partial charge is 0.454 e. The van der Waals surface area contributed by atoms with Crippen LogP contribution in [0.15, 0.2) is 18.2 Å². The topological polar surface area (TPSA) is 45.3 Å². The van der Waals surface area contributed by atoms with Crippen LogP contribution >= 0.6 is 0 Å². The van der Waals surface area contributed by atoms with E-state index < -0.39 is 0 Å². The molecule has 148 valence electrons. The van der Waals surface area contributed by atoms with Crippen molar-refractivity contribution in [2.75, 3.05) is 52.6 Å². The van der Waals surface area contributed by atoms with Gasteiger partial charge in [-0.05, 0) is 43.0 Å². The third-order valence-electron chi connectivity index (χ3n) is 5.95. The quantitative estimate of drug-likeness (QED) is 0.792. The first-order chi connectivity index (χ1) is 13.2. The van der Waals surface area contributed by atoms with Crippen molar-refractivity contribution in [3.8, 4) is 11.5 Å². The molecule has 1 unspecified atom stereocenters. The average Bonchev–Trinajstić information content (AvgIpc) is 3.15. The lowest BCUT2D eigenvalue weighted by molar-refractivity contribution is -0.133. The molecule has 3 aliphatic heterocycles. The molecule has 3 aliphatic rings. The zero-order valence-electron chi connectivity index (χ0n) is 16.4. The number of likely N-dealkylation sites (tertiary alicyclic amines) is 1. The lowest BCUT2D eigenvalue weighted by Gasteiger charge is -2.36. The molecular formula is C21H31N3O3. The van der Waals surface area contributed by atoms with Gasteiger partial charge in [-0.25, -0.2) is 0 Å². The maximum Gasteiger partial charge on any atom is 0.231 e. The standard InChI is InChI=1S/C21H31N3O3/c1-17-3-2-7-22(14-17)8-6-21(25)24-11-9-23(10-12-24)15-18-4-5-19-20(13-18)27-16-26-19/h4-5,13,17H,2-3,6-12,14-16H2,1H3. The maximum absolute atomic E-state index is 12.6. The molecule has 4 rings (SSSR count). The molecule has 1 aromatic rings. The number of carbonyl (C=O) groups excluding carboxylic acids is 1. The summed E-state index contributed by atoms with van der Waals surface area (Å²) >= 11 is 0. The van der Waals surface area contributed by atoms with Gasteiger partial charge in [-0.1, -0.05) is 13.0 Å². The molecule has 0 N–H and O–H groups in total. The summed E-state index contributed by atoms with van der Waals surface area (Å²) < 4.78 is 10.8. The predicted octanol–water partition coefficient (Wildman–Crippen LogP) is 2.18. The minimum Gasteiger partial charge on any atom is -0.454 e. The first-order valence-corrected chi connectivity index (χ1v) is 10.3. The van der Waals surface area contributed by atoms with Gasteiger partial charge in [0.15, 0.2) is 11.5 Å². The summed E-state index contributed by atoms with van der Waals surface area (Å²) in [5.74, 6) is 2.76. The molecule has 3 heterocycles. The van der Waals surface area contributed by atoms with Crippen molar-refractivity contribution in [3.05, 3.63) is 23.8 Å². The van der Waals surface area contributed by atoms with E-state index in [4.69, 9.17) is 9.47 Å². The van der Waals surface area contributed by atoms with E-state index >= 15 is 0 Å². The molecule has 0 aromatic heterocycles. The molecular weight excluding hydrogens is 342 g/mol. The molecule has 6 nitrogen and oxygen atoms in total. The van der Waals surface area contributed by atoms with E-state index in [0.717, 1.165) is 69.8 Å². The Morgan fingerprint density at radius 1 is 1.07 bits per heavy atom. The highest BCUT2D eigenvalue weighted by Crippen LogP contribution is 2.32. The van der Waals surface area contributed by atoms with Gasteiger partial charge in [0.05, 0.1) is 0 Å². The van der Waals surface area contributed by atoms with Gasteiger partial charge in [0.25, 0.3) is 0 Å². The normalized spacial score (nSPS) is 23.6. The number of piperidine rings is 1. The Morgan fingerprint density at radius 2 is 1.89 bits per heavy atom. The van der Waals surface area contributed by atoms with Crippen LogP contribution in [0.4, 0.5) is 0 Å². The number of hydrogen-bond donors (Lipinski definition) is 0. The van der Waals surface area contributed by atoms with E-state index in [1.807, 2.05) is 11.0 Å². The first kappa shape index (κ1) is 18.6. The number of amides is 1. The van der Waals surface area contributed by atoms with Gasteiger partial charge in [-0.15, -0.1) is 0 Å². The monoisotopic (exact) mass is 373 g/mol. The fourth-order valence-electron chi connectivity index (χ4n) is 4.35. The van der Waals surface area contributed by atoms with E-state index in [9.17, 15) is 4.79 Å². The molecule has 27 heavy (non-hydrogen) atoms. The van der Waals surface area contributed by atoms with Gasteiger partial charge in [0.1, 0.15) is 0 Å². The molecule has 0 radical (unpaired) electrons. The minimum atomic E-state index is 0.315. The van der Waals surface area contributed by atoms with Crippen LogP contribution < -0.4 is 9.47 Å². The molecule has 0 spiro atoms. The number of benzene rings is 1. The summed E-state index contributed by atoms with van der Waals surface area (Å²) in [5.41, 5.74) is 1.23. The van der Waals surface area contributed by atoms with E-state index in [0.29, 0.717) is 19.1 Å². The van der Waals surface area contributed by atoms with Gasteiger partial charge < -0.3 is 19.3 Å². The number of hydrogen-bond acceptors (Lipinski definition) is 5. The summed E-state index contributed by atoms with van der Waals surface area (Å²) in [6.45, 7) is 10.3. The van der Waals surface area contributed by atoms with Crippen molar-refractivity contribution in [1.82, 2.24) is 14.7 Å². The summed E-state index contributed by atoms with van der Waals surface area (Å²) in [7, 11) is 0. The Labute approximate surface area is 162 Å². The molecule has 2 saturated heterocycles. The lowest BCUT2D eigenvalue weighted by atomic mass is 10.0. The number of nitrogens with zero attached hydrogens (tertiary/aromatic N) is 3. The van der Waals surface area contributed by atoms with Crippen LogP contribution in [0.1, 0.15) is 31.7 Å². The Hall–Kier alpha value is -1.79. The second-order valence-corrected chi connectivity index (χ2v) is 8.14. The molecule has 2 fully saturated rings. The number of rotatable bonds is 5. The molecule has 1 atom stereocenters.